The van der Waals surface area contributed by atoms with Crippen molar-refractivity contribution >= 4 is 6.29 Å². The van der Waals surface area contributed by atoms with E-state index in [2.05, 4.69) is 0 Å². The smallest absolute Gasteiger partial charge is 0.124 e. The van der Waals surface area contributed by atoms with Crippen LogP contribution in [0.2, 0.25) is 0 Å². The van der Waals surface area contributed by atoms with Crippen LogP contribution >= 0.6 is 0 Å². The molecular weight excluding hydrogens is 116 g/mol. The second kappa shape index (κ2) is 5.51. The van der Waals surface area contributed by atoms with Crippen molar-refractivity contribution in [3.8, 4) is 0 Å². The van der Waals surface area contributed by atoms with Gasteiger partial charge in [0.25, 0.3) is 0 Å². The number of aliphatic hydroxyl groups is 1. The van der Waals surface area contributed by atoms with Gasteiger partial charge < -0.3 is 9.90 Å². The Morgan fingerprint density at radius 2 is 2.33 bits per heavy atom. The normalized spacial score (nSPS) is 11.6. The Labute approximate surface area is 55.2 Å². The van der Waals surface area contributed by atoms with Crippen LogP contribution in [0, 0.1) is 0 Å². The largest absolute Gasteiger partial charge is 0.396 e. The predicted molar refractivity (Wildman–Crippen MR) is 36.1 cm³/mol. The van der Waals surface area contributed by atoms with Crippen LogP contribution in [0.5, 0.6) is 0 Å². The van der Waals surface area contributed by atoms with Crippen LogP contribution in [0.25, 0.3) is 0 Å². The second-order valence-corrected chi connectivity index (χ2v) is 1.93. The number of aldehydes is 1. The maximum atomic E-state index is 9.88. The monoisotopic (exact) mass is 128 g/mol. The van der Waals surface area contributed by atoms with Crippen LogP contribution in [0.15, 0.2) is 11.6 Å². The van der Waals surface area contributed by atoms with Gasteiger partial charge in [0.05, 0.1) is 0 Å². The first-order valence-corrected chi connectivity index (χ1v) is 3.01. The average molecular weight is 128 g/mol. The van der Waals surface area contributed by atoms with Crippen molar-refractivity contribution in [3.63, 3.8) is 0 Å². The molecule has 0 aliphatic rings. The maximum Gasteiger partial charge on any atom is 0.124 e. The van der Waals surface area contributed by atoms with Crippen LogP contribution in [0.4, 0.5) is 0 Å². The first kappa shape index (κ1) is 8.37. The van der Waals surface area contributed by atoms with Gasteiger partial charge in [0.15, 0.2) is 0 Å². The Morgan fingerprint density at radius 1 is 1.67 bits per heavy atom. The predicted octanol–water partition coefficient (Wildman–Crippen LogP) is 0.904. The van der Waals surface area contributed by atoms with E-state index >= 15 is 0 Å². The Bertz CT molecular complexity index is 105. The van der Waals surface area contributed by atoms with Crippen molar-refractivity contribution in [1.82, 2.24) is 0 Å². The molecule has 0 amide bonds. The van der Waals surface area contributed by atoms with Crippen molar-refractivity contribution in [2.24, 2.45) is 0 Å². The van der Waals surface area contributed by atoms with Gasteiger partial charge in [-0.15, -0.1) is 0 Å². The summed E-state index contributed by atoms with van der Waals surface area (Å²) in [7, 11) is 0. The Kier molecular flexibility index (Phi) is 5.12. The van der Waals surface area contributed by atoms with Gasteiger partial charge in [0.1, 0.15) is 6.29 Å². The highest BCUT2D eigenvalue weighted by atomic mass is 16.2. The molecule has 0 fully saturated rings. The highest BCUT2D eigenvalue weighted by Gasteiger charge is 1.84. The zero-order valence-corrected chi connectivity index (χ0v) is 5.63. The molecule has 0 saturated heterocycles. The van der Waals surface area contributed by atoms with Crippen molar-refractivity contribution in [1.29, 1.82) is 0 Å². The van der Waals surface area contributed by atoms with E-state index in [4.69, 9.17) is 5.11 Å². The van der Waals surface area contributed by atoms with Gasteiger partial charge in [-0.25, -0.2) is 0 Å². The van der Waals surface area contributed by atoms with Crippen LogP contribution in [-0.4, -0.2) is 18.0 Å². The van der Waals surface area contributed by atoms with E-state index in [0.29, 0.717) is 12.8 Å². The molecular formula is C7H12O2. The molecule has 52 valence electrons. The van der Waals surface area contributed by atoms with Gasteiger partial charge in [0.2, 0.25) is 0 Å². The number of hydrogen-bond donors (Lipinski definition) is 1. The number of carbonyl (C=O) groups excluding carboxylic acids is 1. The zero-order chi connectivity index (χ0) is 7.11. The summed E-state index contributed by atoms with van der Waals surface area (Å²) in [6.45, 7) is 2.04. The Balaban J connectivity index is 3.42. The van der Waals surface area contributed by atoms with Gasteiger partial charge in [0, 0.05) is 13.0 Å². The number of hydrogen-bond acceptors (Lipinski definition) is 2. The molecule has 0 radical (unpaired) electrons. The third kappa shape index (κ3) is 5.24. The van der Waals surface area contributed by atoms with Crippen LogP contribution in [-0.2, 0) is 4.79 Å². The summed E-state index contributed by atoms with van der Waals surface area (Å²) >= 11 is 0. The van der Waals surface area contributed by atoms with Crippen molar-refractivity contribution < 1.29 is 9.90 Å². The fourth-order valence-corrected chi connectivity index (χ4v) is 0.526. The lowest BCUT2D eigenvalue weighted by Gasteiger charge is -1.90. The standard InChI is InChI=1S/C7H12O2/c1-7(4-6-9)3-2-5-8/h3,6,8H,2,4-5H2,1H3/b7-3+. The molecule has 0 aliphatic carbocycles. The summed E-state index contributed by atoms with van der Waals surface area (Å²) in [4.78, 5) is 9.88. The highest BCUT2D eigenvalue weighted by Crippen LogP contribution is 1.97. The third-order valence-corrected chi connectivity index (χ3v) is 1.03. The summed E-state index contributed by atoms with van der Waals surface area (Å²) in [6.07, 6.45) is 3.87. The lowest BCUT2D eigenvalue weighted by atomic mass is 10.2. The summed E-state index contributed by atoms with van der Waals surface area (Å²) in [5.41, 5.74) is 1.03. The number of allylic oxidation sites excluding steroid dienone is 1. The van der Waals surface area contributed by atoms with E-state index in [-0.39, 0.29) is 6.61 Å². The fraction of sp³-hybridized carbons (Fsp3) is 0.571. The minimum atomic E-state index is 0.163. The molecule has 0 aromatic carbocycles. The molecule has 0 saturated carbocycles. The Hall–Kier alpha value is -0.630. The minimum Gasteiger partial charge on any atom is -0.396 e. The van der Waals surface area contributed by atoms with E-state index in [0.717, 1.165) is 11.9 Å². The lowest BCUT2D eigenvalue weighted by Crippen LogP contribution is -1.81. The molecule has 0 aromatic heterocycles. The van der Waals surface area contributed by atoms with Gasteiger partial charge in [-0.1, -0.05) is 11.6 Å². The molecule has 9 heavy (non-hydrogen) atoms. The topological polar surface area (TPSA) is 37.3 Å². The molecule has 0 aromatic rings. The highest BCUT2D eigenvalue weighted by molar-refractivity contribution is 5.53. The summed E-state index contributed by atoms with van der Waals surface area (Å²) in [5.74, 6) is 0. The first-order valence-electron chi connectivity index (χ1n) is 3.01. The second-order valence-electron chi connectivity index (χ2n) is 1.93. The van der Waals surface area contributed by atoms with E-state index in [1.807, 2.05) is 13.0 Å². The Morgan fingerprint density at radius 3 is 2.78 bits per heavy atom. The molecule has 0 bridgehead atoms. The fourth-order valence-electron chi connectivity index (χ4n) is 0.526. The summed E-state index contributed by atoms with van der Waals surface area (Å²) < 4.78 is 0. The zero-order valence-electron chi connectivity index (χ0n) is 5.63. The molecule has 1 N–H and O–H groups in total. The number of aliphatic hydroxyl groups excluding tert-OH is 1. The van der Waals surface area contributed by atoms with Crippen molar-refractivity contribution in [2.75, 3.05) is 6.61 Å². The average Bonchev–Trinajstić information content (AvgIpc) is 1.85. The van der Waals surface area contributed by atoms with E-state index in [1.165, 1.54) is 0 Å². The molecule has 0 heterocycles. The summed E-state index contributed by atoms with van der Waals surface area (Å²) in [6, 6.07) is 0. The minimum absolute atomic E-state index is 0.163. The third-order valence-electron chi connectivity index (χ3n) is 1.03. The molecule has 0 spiro atoms. The van der Waals surface area contributed by atoms with Gasteiger partial charge in [-0.3, -0.25) is 0 Å². The van der Waals surface area contributed by atoms with E-state index < -0.39 is 0 Å². The van der Waals surface area contributed by atoms with Crippen molar-refractivity contribution in [3.05, 3.63) is 11.6 Å². The van der Waals surface area contributed by atoms with Gasteiger partial charge >= 0.3 is 0 Å². The summed E-state index contributed by atoms with van der Waals surface area (Å²) in [5, 5.41) is 8.35. The number of rotatable bonds is 4. The van der Waals surface area contributed by atoms with Crippen molar-refractivity contribution in [2.45, 2.75) is 19.8 Å². The maximum absolute atomic E-state index is 9.88. The number of carbonyl (C=O) groups is 1. The van der Waals surface area contributed by atoms with Crippen LogP contribution < -0.4 is 0 Å². The molecule has 0 atom stereocenters. The van der Waals surface area contributed by atoms with Crippen LogP contribution in [0.1, 0.15) is 19.8 Å². The molecule has 0 aliphatic heterocycles. The van der Waals surface area contributed by atoms with Crippen LogP contribution in [0.3, 0.4) is 0 Å². The lowest BCUT2D eigenvalue weighted by molar-refractivity contribution is -0.107. The molecule has 2 heteroatoms. The molecule has 0 unspecified atom stereocenters. The first-order chi connectivity index (χ1) is 4.31. The SMILES string of the molecule is C/C(=C\CCO)CC=O. The van der Waals surface area contributed by atoms with E-state index in [1.54, 1.807) is 0 Å². The van der Waals surface area contributed by atoms with E-state index in [9.17, 15) is 4.79 Å². The molecule has 2 nitrogen and oxygen atoms in total. The molecule has 0 rings (SSSR count). The van der Waals surface area contributed by atoms with Gasteiger partial charge in [-0.2, -0.15) is 0 Å². The quantitative estimate of drug-likeness (QED) is 0.451. The van der Waals surface area contributed by atoms with Gasteiger partial charge in [-0.05, 0) is 13.3 Å².